The molecule has 0 aliphatic heterocycles. The summed E-state index contributed by atoms with van der Waals surface area (Å²) in [5, 5.41) is 4.36. The van der Waals surface area contributed by atoms with Crippen LogP contribution in [0.15, 0.2) is 77.3 Å². The standard InChI is InChI=1S/C21H12F6N2O/c22-20(23,24)13-10-14(21(25,26)27)12-16(11-13)29(15-6-2-1-3-7-15)19-17-8-4-5-9-18(17)30-28-19/h1-12H. The first-order valence-corrected chi connectivity index (χ1v) is 8.64. The molecule has 9 heteroatoms. The Labute approximate surface area is 166 Å². The van der Waals surface area contributed by atoms with Crippen LogP contribution in [-0.2, 0) is 12.4 Å². The Balaban J connectivity index is 2.01. The molecule has 154 valence electrons. The highest BCUT2D eigenvalue weighted by Crippen LogP contribution is 2.43. The summed E-state index contributed by atoms with van der Waals surface area (Å²) in [6.07, 6.45) is -9.94. The molecule has 0 amide bonds. The van der Waals surface area contributed by atoms with E-state index in [-0.39, 0.29) is 17.6 Å². The predicted octanol–water partition coefficient (Wildman–Crippen LogP) is 7.34. The van der Waals surface area contributed by atoms with Crippen molar-refractivity contribution in [2.75, 3.05) is 4.90 Å². The van der Waals surface area contributed by atoms with Crippen molar-refractivity contribution in [2.45, 2.75) is 12.4 Å². The van der Waals surface area contributed by atoms with Gasteiger partial charge in [-0.25, -0.2) is 0 Å². The van der Waals surface area contributed by atoms with Gasteiger partial charge < -0.3 is 4.52 Å². The van der Waals surface area contributed by atoms with Crippen LogP contribution in [0.25, 0.3) is 11.0 Å². The van der Waals surface area contributed by atoms with Gasteiger partial charge in [-0.1, -0.05) is 35.5 Å². The fourth-order valence-corrected chi connectivity index (χ4v) is 3.07. The number of fused-ring (bicyclic) bond motifs is 1. The summed E-state index contributed by atoms with van der Waals surface area (Å²) < 4.78 is 85.5. The van der Waals surface area contributed by atoms with Crippen LogP contribution in [0.2, 0.25) is 0 Å². The molecule has 0 bridgehead atoms. The van der Waals surface area contributed by atoms with Crippen molar-refractivity contribution in [3.05, 3.63) is 83.9 Å². The lowest BCUT2D eigenvalue weighted by Gasteiger charge is -2.25. The summed E-state index contributed by atoms with van der Waals surface area (Å²) >= 11 is 0. The van der Waals surface area contributed by atoms with Crippen LogP contribution in [-0.4, -0.2) is 5.16 Å². The molecular weight excluding hydrogens is 410 g/mol. The number of anilines is 3. The Kier molecular flexibility index (Phi) is 4.68. The van der Waals surface area contributed by atoms with Crippen molar-refractivity contribution in [1.29, 1.82) is 0 Å². The van der Waals surface area contributed by atoms with Crippen LogP contribution < -0.4 is 4.90 Å². The Bertz CT molecular complexity index is 1150. The Hall–Kier alpha value is -3.49. The predicted molar refractivity (Wildman–Crippen MR) is 98.7 cm³/mol. The van der Waals surface area contributed by atoms with E-state index in [1.54, 1.807) is 54.6 Å². The molecule has 3 nitrogen and oxygen atoms in total. The molecule has 0 saturated carbocycles. The van der Waals surface area contributed by atoms with Gasteiger partial charge in [-0.3, -0.25) is 4.90 Å². The largest absolute Gasteiger partial charge is 0.416 e. The minimum atomic E-state index is -4.97. The highest BCUT2D eigenvalue weighted by atomic mass is 19.4. The SMILES string of the molecule is FC(F)(F)c1cc(N(c2ccccc2)c2noc3ccccc23)cc(C(F)(F)F)c1. The fourth-order valence-electron chi connectivity index (χ4n) is 3.07. The minimum Gasteiger partial charge on any atom is -0.354 e. The number of alkyl halides is 6. The second kappa shape index (κ2) is 7.08. The third-order valence-corrected chi connectivity index (χ3v) is 4.42. The maximum Gasteiger partial charge on any atom is 0.416 e. The summed E-state index contributed by atoms with van der Waals surface area (Å²) in [7, 11) is 0. The second-order valence-corrected chi connectivity index (χ2v) is 6.44. The third kappa shape index (κ3) is 3.70. The van der Waals surface area contributed by atoms with E-state index in [4.69, 9.17) is 4.52 Å². The Morgan fingerprint density at radius 1 is 0.667 bits per heavy atom. The highest BCUT2D eigenvalue weighted by Gasteiger charge is 2.38. The van der Waals surface area contributed by atoms with Crippen molar-refractivity contribution in [3.8, 4) is 0 Å². The van der Waals surface area contributed by atoms with Gasteiger partial charge in [-0.05, 0) is 42.5 Å². The molecule has 1 aromatic heterocycles. The third-order valence-electron chi connectivity index (χ3n) is 4.42. The van der Waals surface area contributed by atoms with Crippen LogP contribution in [0.1, 0.15) is 11.1 Å². The molecule has 0 unspecified atom stereocenters. The molecule has 4 aromatic rings. The summed E-state index contributed by atoms with van der Waals surface area (Å²) in [6.45, 7) is 0. The van der Waals surface area contributed by atoms with Gasteiger partial charge in [0.25, 0.3) is 0 Å². The van der Waals surface area contributed by atoms with Gasteiger partial charge in [0.1, 0.15) is 0 Å². The number of halogens is 6. The number of para-hydroxylation sites is 2. The lowest BCUT2D eigenvalue weighted by atomic mass is 10.1. The van der Waals surface area contributed by atoms with Crippen LogP contribution in [0, 0.1) is 0 Å². The van der Waals surface area contributed by atoms with Crippen LogP contribution >= 0.6 is 0 Å². The normalized spacial score (nSPS) is 12.3. The Morgan fingerprint density at radius 2 is 1.23 bits per heavy atom. The smallest absolute Gasteiger partial charge is 0.354 e. The average Bonchev–Trinajstić information content (AvgIpc) is 3.11. The van der Waals surface area contributed by atoms with Crippen molar-refractivity contribution >= 4 is 28.2 Å². The number of hydrogen-bond donors (Lipinski definition) is 0. The van der Waals surface area contributed by atoms with E-state index in [0.717, 1.165) is 0 Å². The van der Waals surface area contributed by atoms with E-state index in [1.165, 1.54) is 4.90 Å². The van der Waals surface area contributed by atoms with Gasteiger partial charge in [-0.15, -0.1) is 0 Å². The van der Waals surface area contributed by atoms with Crippen molar-refractivity contribution < 1.29 is 30.9 Å². The molecule has 0 N–H and O–H groups in total. The maximum absolute atomic E-state index is 13.4. The molecule has 0 aliphatic carbocycles. The first-order chi connectivity index (χ1) is 14.1. The lowest BCUT2D eigenvalue weighted by molar-refractivity contribution is -0.143. The number of aromatic nitrogens is 1. The van der Waals surface area contributed by atoms with E-state index >= 15 is 0 Å². The van der Waals surface area contributed by atoms with Crippen LogP contribution in [0.3, 0.4) is 0 Å². The molecule has 0 radical (unpaired) electrons. The zero-order chi connectivity index (χ0) is 21.5. The van der Waals surface area contributed by atoms with Gasteiger partial charge in [0, 0.05) is 11.4 Å². The average molecular weight is 422 g/mol. The van der Waals surface area contributed by atoms with E-state index in [9.17, 15) is 26.3 Å². The molecule has 0 saturated heterocycles. The molecule has 1 heterocycles. The van der Waals surface area contributed by atoms with Crippen LogP contribution in [0.5, 0.6) is 0 Å². The van der Waals surface area contributed by atoms with Crippen LogP contribution in [0.4, 0.5) is 43.5 Å². The Morgan fingerprint density at radius 3 is 1.83 bits per heavy atom. The maximum atomic E-state index is 13.4. The number of benzene rings is 3. The first kappa shape index (κ1) is 19.8. The second-order valence-electron chi connectivity index (χ2n) is 6.44. The van der Waals surface area contributed by atoms with E-state index in [2.05, 4.69) is 5.16 Å². The van der Waals surface area contributed by atoms with Gasteiger partial charge >= 0.3 is 12.4 Å². The molecule has 0 aliphatic rings. The summed E-state index contributed by atoms with van der Waals surface area (Å²) in [6, 6.07) is 16.0. The summed E-state index contributed by atoms with van der Waals surface area (Å²) in [5.74, 6) is 0.0734. The van der Waals surface area contributed by atoms with Crippen molar-refractivity contribution in [1.82, 2.24) is 5.16 Å². The topological polar surface area (TPSA) is 29.3 Å². The first-order valence-electron chi connectivity index (χ1n) is 8.64. The summed E-state index contributed by atoms with van der Waals surface area (Å²) in [4.78, 5) is 1.20. The zero-order valence-electron chi connectivity index (χ0n) is 15.0. The lowest BCUT2D eigenvalue weighted by Crippen LogP contribution is -2.16. The molecule has 30 heavy (non-hydrogen) atoms. The number of nitrogens with zero attached hydrogens (tertiary/aromatic N) is 2. The number of rotatable bonds is 3. The zero-order valence-corrected chi connectivity index (χ0v) is 15.0. The molecule has 0 atom stereocenters. The van der Waals surface area contributed by atoms with Crippen molar-refractivity contribution in [2.24, 2.45) is 0 Å². The van der Waals surface area contributed by atoms with Crippen molar-refractivity contribution in [3.63, 3.8) is 0 Å². The molecule has 0 fully saturated rings. The minimum absolute atomic E-state index is 0.0734. The van der Waals surface area contributed by atoms with E-state index < -0.39 is 23.5 Å². The molecule has 0 spiro atoms. The number of hydrogen-bond acceptors (Lipinski definition) is 3. The van der Waals surface area contributed by atoms with Gasteiger partial charge in [-0.2, -0.15) is 26.3 Å². The van der Waals surface area contributed by atoms with E-state index in [0.29, 0.717) is 28.8 Å². The van der Waals surface area contributed by atoms with E-state index in [1.807, 2.05) is 0 Å². The van der Waals surface area contributed by atoms with Gasteiger partial charge in [0.05, 0.1) is 16.5 Å². The van der Waals surface area contributed by atoms with Gasteiger partial charge in [0.2, 0.25) is 0 Å². The molecule has 4 rings (SSSR count). The summed E-state index contributed by atoms with van der Waals surface area (Å²) in [5.41, 5.74) is -2.51. The quantitative estimate of drug-likeness (QED) is 0.324. The molecular formula is C21H12F6N2O. The fraction of sp³-hybridized carbons (Fsp3) is 0.0952. The molecule has 3 aromatic carbocycles. The monoisotopic (exact) mass is 422 g/mol. The van der Waals surface area contributed by atoms with Gasteiger partial charge in [0.15, 0.2) is 11.4 Å². The highest BCUT2D eigenvalue weighted by molar-refractivity contribution is 5.94.